The van der Waals surface area contributed by atoms with Gasteiger partial charge in [0.1, 0.15) is 30.5 Å². The zero-order valence-corrected chi connectivity index (χ0v) is 24.6. The Morgan fingerprint density at radius 1 is 0.718 bits per heavy atom. The number of unbranched alkanes of at least 4 members (excludes halogenated alkanes) is 16. The number of hydrogen-bond donors (Lipinski definition) is 4. The van der Waals surface area contributed by atoms with Gasteiger partial charge in [0.05, 0.1) is 19.8 Å². The molecule has 4 N–H and O–H groups in total. The largest absolute Gasteiger partial charge is 0.458 e. The third-order valence-corrected chi connectivity index (χ3v) is 7.32. The number of esters is 1. The molecule has 0 aromatic rings. The van der Waals surface area contributed by atoms with Crippen LogP contribution in [0, 0.1) is 0 Å². The number of carbonyl (C=O) groups excluding carboxylic acids is 1. The van der Waals surface area contributed by atoms with Crippen molar-refractivity contribution in [3.05, 3.63) is 0 Å². The van der Waals surface area contributed by atoms with Gasteiger partial charge in [-0.15, -0.1) is 0 Å². The highest BCUT2D eigenvalue weighted by Crippen LogP contribution is 2.22. The maximum atomic E-state index is 11.4. The first kappa shape index (κ1) is 36.2. The van der Waals surface area contributed by atoms with E-state index in [1.807, 2.05) is 0 Å². The molecule has 0 aromatic carbocycles. The fourth-order valence-electron chi connectivity index (χ4n) is 4.90. The van der Waals surface area contributed by atoms with Crippen LogP contribution in [-0.4, -0.2) is 89.6 Å². The van der Waals surface area contributed by atoms with Gasteiger partial charge >= 0.3 is 5.97 Å². The van der Waals surface area contributed by atoms with Gasteiger partial charge in [0.25, 0.3) is 0 Å². The molecule has 232 valence electrons. The lowest BCUT2D eigenvalue weighted by Crippen LogP contribution is -2.59. The van der Waals surface area contributed by atoms with Crippen LogP contribution in [-0.2, 0) is 23.7 Å². The van der Waals surface area contributed by atoms with E-state index in [4.69, 9.17) is 18.9 Å². The van der Waals surface area contributed by atoms with Gasteiger partial charge in [-0.25, -0.2) is 0 Å². The smallest absolute Gasteiger partial charge is 0.303 e. The van der Waals surface area contributed by atoms with E-state index in [2.05, 4.69) is 6.92 Å². The van der Waals surface area contributed by atoms with Gasteiger partial charge in [0.2, 0.25) is 0 Å². The second-order valence-corrected chi connectivity index (χ2v) is 11.0. The molecule has 0 radical (unpaired) electrons. The minimum absolute atomic E-state index is 0.124. The Hall–Kier alpha value is -0.810. The molecule has 1 aliphatic heterocycles. The first-order valence-corrected chi connectivity index (χ1v) is 15.6. The van der Waals surface area contributed by atoms with Crippen LogP contribution >= 0.6 is 0 Å². The van der Waals surface area contributed by atoms with E-state index >= 15 is 0 Å². The van der Waals surface area contributed by atoms with E-state index in [0.29, 0.717) is 6.61 Å². The monoisotopic (exact) mass is 562 g/mol. The van der Waals surface area contributed by atoms with Gasteiger partial charge < -0.3 is 39.4 Å². The molecular formula is C30H58O9. The summed E-state index contributed by atoms with van der Waals surface area (Å²) in [5.74, 6) is -0.487. The Morgan fingerprint density at radius 2 is 1.21 bits per heavy atom. The Balaban J connectivity index is 2.02. The van der Waals surface area contributed by atoms with Crippen LogP contribution in [0.5, 0.6) is 0 Å². The highest BCUT2D eigenvalue weighted by Gasteiger charge is 2.44. The Morgan fingerprint density at radius 3 is 1.67 bits per heavy atom. The zero-order valence-electron chi connectivity index (χ0n) is 24.6. The molecule has 39 heavy (non-hydrogen) atoms. The van der Waals surface area contributed by atoms with Crippen molar-refractivity contribution < 1.29 is 44.2 Å². The van der Waals surface area contributed by atoms with Crippen LogP contribution in [0.3, 0.4) is 0 Å². The van der Waals surface area contributed by atoms with Crippen LogP contribution in [0.4, 0.5) is 0 Å². The second kappa shape index (κ2) is 23.9. The summed E-state index contributed by atoms with van der Waals surface area (Å²) in [4.78, 5) is 11.4. The summed E-state index contributed by atoms with van der Waals surface area (Å²) in [6.45, 7) is 3.58. The fraction of sp³-hybridized carbons (Fsp3) is 0.967. The standard InChI is InChI=1S/C30H58O9/c1-3-4-5-6-7-8-9-10-11-12-13-14-15-16-17-18-19-20-36-22-25(38-24(2)32)23-37-30-29(35)28(34)27(33)26(21-31)39-30/h25-31,33-35H,3-23H2,1-2H3. The van der Waals surface area contributed by atoms with Crippen molar-refractivity contribution in [2.45, 2.75) is 160 Å². The highest BCUT2D eigenvalue weighted by molar-refractivity contribution is 5.66. The van der Waals surface area contributed by atoms with Crippen molar-refractivity contribution in [2.24, 2.45) is 0 Å². The van der Waals surface area contributed by atoms with Gasteiger partial charge in [0.15, 0.2) is 6.29 Å². The lowest BCUT2D eigenvalue weighted by atomic mass is 9.99. The average Bonchev–Trinajstić information content (AvgIpc) is 2.92. The van der Waals surface area contributed by atoms with Crippen molar-refractivity contribution >= 4 is 5.97 Å². The SMILES string of the molecule is CCCCCCCCCCCCCCCCCCCOCC(COC1OC(CO)C(O)C(O)C1O)OC(C)=O. The second-order valence-electron chi connectivity index (χ2n) is 11.0. The Labute approximate surface area is 236 Å². The third kappa shape index (κ3) is 17.6. The van der Waals surface area contributed by atoms with Crippen molar-refractivity contribution in [3.8, 4) is 0 Å². The van der Waals surface area contributed by atoms with Crippen LogP contribution in [0.1, 0.15) is 123 Å². The van der Waals surface area contributed by atoms with Crippen molar-refractivity contribution in [1.29, 1.82) is 0 Å². The normalized spacial score (nSPS) is 24.1. The van der Waals surface area contributed by atoms with Crippen LogP contribution < -0.4 is 0 Å². The lowest BCUT2D eigenvalue weighted by Gasteiger charge is -2.39. The zero-order chi connectivity index (χ0) is 28.7. The molecule has 6 unspecified atom stereocenters. The first-order valence-electron chi connectivity index (χ1n) is 15.6. The Bertz CT molecular complexity index is 575. The summed E-state index contributed by atoms with van der Waals surface area (Å²) < 4.78 is 21.7. The maximum absolute atomic E-state index is 11.4. The highest BCUT2D eigenvalue weighted by atomic mass is 16.7. The van der Waals surface area contributed by atoms with E-state index < -0.39 is 49.4 Å². The molecular weight excluding hydrogens is 504 g/mol. The molecule has 1 rings (SSSR count). The van der Waals surface area contributed by atoms with Crippen LogP contribution in [0.2, 0.25) is 0 Å². The summed E-state index contributed by atoms with van der Waals surface area (Å²) in [6, 6.07) is 0. The molecule has 6 atom stereocenters. The number of hydrogen-bond acceptors (Lipinski definition) is 9. The summed E-state index contributed by atoms with van der Waals surface area (Å²) in [5.41, 5.74) is 0. The minimum Gasteiger partial charge on any atom is -0.458 e. The van der Waals surface area contributed by atoms with Gasteiger partial charge in [-0.3, -0.25) is 4.79 Å². The summed E-state index contributed by atoms with van der Waals surface area (Å²) in [5, 5.41) is 39.1. The Kier molecular flexibility index (Phi) is 22.1. The summed E-state index contributed by atoms with van der Waals surface area (Å²) in [7, 11) is 0. The van der Waals surface area contributed by atoms with Gasteiger partial charge in [-0.05, 0) is 6.42 Å². The number of carbonyl (C=O) groups is 1. The van der Waals surface area contributed by atoms with Gasteiger partial charge in [-0.1, -0.05) is 110 Å². The number of aliphatic hydroxyl groups excluding tert-OH is 4. The summed E-state index contributed by atoms with van der Waals surface area (Å²) in [6.07, 6.45) is 14.8. The molecule has 1 heterocycles. The molecule has 0 amide bonds. The average molecular weight is 563 g/mol. The van der Waals surface area contributed by atoms with Crippen molar-refractivity contribution in [3.63, 3.8) is 0 Å². The van der Waals surface area contributed by atoms with Crippen molar-refractivity contribution in [1.82, 2.24) is 0 Å². The van der Waals surface area contributed by atoms with E-state index in [-0.39, 0.29) is 13.2 Å². The lowest BCUT2D eigenvalue weighted by molar-refractivity contribution is -0.305. The van der Waals surface area contributed by atoms with Crippen LogP contribution in [0.15, 0.2) is 0 Å². The number of rotatable bonds is 25. The van der Waals surface area contributed by atoms with E-state index in [1.54, 1.807) is 0 Å². The molecule has 0 bridgehead atoms. The van der Waals surface area contributed by atoms with Gasteiger partial charge in [0, 0.05) is 13.5 Å². The maximum Gasteiger partial charge on any atom is 0.303 e. The molecule has 0 saturated carbocycles. The topological polar surface area (TPSA) is 135 Å². The molecule has 0 aromatic heterocycles. The predicted octanol–water partition coefficient (Wildman–Crippen LogP) is 4.40. The number of ether oxygens (including phenoxy) is 4. The molecule has 1 aliphatic rings. The number of aliphatic hydroxyl groups is 4. The molecule has 9 heteroatoms. The summed E-state index contributed by atoms with van der Waals surface area (Å²) >= 11 is 0. The first-order chi connectivity index (χ1) is 18.9. The molecule has 1 saturated heterocycles. The van der Waals surface area contributed by atoms with E-state index in [1.165, 1.54) is 103 Å². The molecule has 9 nitrogen and oxygen atoms in total. The predicted molar refractivity (Wildman–Crippen MR) is 150 cm³/mol. The van der Waals surface area contributed by atoms with E-state index in [9.17, 15) is 25.2 Å². The fourth-order valence-corrected chi connectivity index (χ4v) is 4.90. The molecule has 0 spiro atoms. The van der Waals surface area contributed by atoms with Crippen LogP contribution in [0.25, 0.3) is 0 Å². The quantitative estimate of drug-likeness (QED) is 0.0943. The third-order valence-electron chi connectivity index (χ3n) is 7.32. The van der Waals surface area contributed by atoms with E-state index in [0.717, 1.165) is 12.8 Å². The molecule has 0 aliphatic carbocycles. The van der Waals surface area contributed by atoms with Crippen molar-refractivity contribution in [2.75, 3.05) is 26.4 Å². The minimum atomic E-state index is -1.52. The molecule has 1 fully saturated rings. The van der Waals surface area contributed by atoms with Gasteiger partial charge in [-0.2, -0.15) is 0 Å².